The van der Waals surface area contributed by atoms with Gasteiger partial charge in [0.2, 0.25) is 0 Å². The van der Waals surface area contributed by atoms with Crippen molar-refractivity contribution in [2.75, 3.05) is 5.32 Å². The molecule has 2 heterocycles. The van der Waals surface area contributed by atoms with Gasteiger partial charge in [0.05, 0.1) is 16.8 Å². The normalized spacial score (nSPS) is 11.2. The highest BCUT2D eigenvalue weighted by atomic mass is 32.1. The molecule has 0 aliphatic carbocycles. The van der Waals surface area contributed by atoms with Gasteiger partial charge >= 0.3 is 12.1 Å². The summed E-state index contributed by atoms with van der Waals surface area (Å²) >= 11 is 0.981. The van der Waals surface area contributed by atoms with E-state index in [1.165, 1.54) is 36.6 Å². The number of furan rings is 1. The number of anilines is 1. The first kappa shape index (κ1) is 18.7. The van der Waals surface area contributed by atoms with Crippen molar-refractivity contribution in [1.29, 1.82) is 0 Å². The van der Waals surface area contributed by atoms with Gasteiger partial charge in [0.25, 0.3) is 5.91 Å². The molecule has 0 aliphatic rings. The van der Waals surface area contributed by atoms with E-state index in [0.29, 0.717) is 5.00 Å². The van der Waals surface area contributed by atoms with Gasteiger partial charge in [-0.1, -0.05) is 12.1 Å². The summed E-state index contributed by atoms with van der Waals surface area (Å²) in [7, 11) is 0. The van der Waals surface area contributed by atoms with Gasteiger partial charge < -0.3 is 14.5 Å². The number of amides is 1. The van der Waals surface area contributed by atoms with Gasteiger partial charge in [-0.2, -0.15) is 13.2 Å². The Kier molecular flexibility index (Phi) is 5.31. The Morgan fingerprint density at radius 3 is 2.63 bits per heavy atom. The molecule has 2 aromatic heterocycles. The van der Waals surface area contributed by atoms with Crippen LogP contribution in [0.5, 0.6) is 0 Å². The zero-order valence-corrected chi connectivity index (χ0v) is 14.4. The molecule has 3 aromatic rings. The van der Waals surface area contributed by atoms with E-state index in [0.717, 1.165) is 23.5 Å². The third kappa shape index (κ3) is 4.76. The molecular weight excluding hydrogens is 383 g/mol. The molecular formula is C18H12F3NO4S. The zero-order valence-electron chi connectivity index (χ0n) is 13.6. The molecule has 140 valence electrons. The molecule has 27 heavy (non-hydrogen) atoms. The number of carbonyl (C=O) groups excluding carboxylic acids is 2. The molecule has 9 heteroatoms. The van der Waals surface area contributed by atoms with E-state index in [1.54, 1.807) is 6.07 Å². The van der Waals surface area contributed by atoms with Crippen LogP contribution in [0, 0.1) is 0 Å². The number of benzene rings is 1. The highest BCUT2D eigenvalue weighted by Gasteiger charge is 2.30. The molecule has 0 radical (unpaired) electrons. The quantitative estimate of drug-likeness (QED) is 0.620. The maximum absolute atomic E-state index is 12.7. The summed E-state index contributed by atoms with van der Waals surface area (Å²) in [6.07, 6.45) is -3.10. The predicted molar refractivity (Wildman–Crippen MR) is 91.5 cm³/mol. The van der Waals surface area contributed by atoms with Crippen LogP contribution in [-0.4, -0.2) is 11.9 Å². The first-order valence-corrected chi connectivity index (χ1v) is 8.42. The number of carbonyl (C=O) groups is 2. The third-order valence-corrected chi connectivity index (χ3v) is 4.39. The summed E-state index contributed by atoms with van der Waals surface area (Å²) in [5.41, 5.74) is -0.587. The van der Waals surface area contributed by atoms with Gasteiger partial charge in [-0.05, 0) is 42.0 Å². The second kappa shape index (κ2) is 7.67. The largest absolute Gasteiger partial charge is 0.459 e. The molecule has 5 nitrogen and oxygen atoms in total. The van der Waals surface area contributed by atoms with Gasteiger partial charge in [-0.3, -0.25) is 4.79 Å². The van der Waals surface area contributed by atoms with Gasteiger partial charge in [-0.25, -0.2) is 4.79 Å². The van der Waals surface area contributed by atoms with Crippen molar-refractivity contribution in [2.45, 2.75) is 12.8 Å². The van der Waals surface area contributed by atoms with Crippen LogP contribution in [0.2, 0.25) is 0 Å². The van der Waals surface area contributed by atoms with Crippen LogP contribution in [0.1, 0.15) is 31.4 Å². The Morgan fingerprint density at radius 2 is 1.93 bits per heavy atom. The smallest absolute Gasteiger partial charge is 0.416 e. The maximum atomic E-state index is 12.7. The minimum absolute atomic E-state index is 0.122. The van der Waals surface area contributed by atoms with E-state index in [4.69, 9.17) is 9.15 Å². The van der Waals surface area contributed by atoms with Gasteiger partial charge in [0, 0.05) is 0 Å². The molecule has 3 rings (SSSR count). The summed E-state index contributed by atoms with van der Waals surface area (Å²) in [6.45, 7) is -0.297. The first-order chi connectivity index (χ1) is 12.8. The number of nitrogens with one attached hydrogen (secondary N) is 1. The second-order valence-corrected chi connectivity index (χ2v) is 6.45. The fourth-order valence-electron chi connectivity index (χ4n) is 2.15. The van der Waals surface area contributed by atoms with E-state index in [1.807, 2.05) is 0 Å². The summed E-state index contributed by atoms with van der Waals surface area (Å²) in [4.78, 5) is 24.1. The van der Waals surface area contributed by atoms with Crippen molar-refractivity contribution in [3.05, 3.63) is 76.6 Å². The highest BCUT2D eigenvalue weighted by molar-refractivity contribution is 7.18. The molecule has 0 unspecified atom stereocenters. The van der Waals surface area contributed by atoms with E-state index in [2.05, 4.69) is 5.32 Å². The van der Waals surface area contributed by atoms with Crippen LogP contribution in [-0.2, 0) is 17.5 Å². The van der Waals surface area contributed by atoms with Crippen molar-refractivity contribution in [1.82, 2.24) is 0 Å². The summed E-state index contributed by atoms with van der Waals surface area (Å²) in [5, 5.41) is 2.98. The fraction of sp³-hybridized carbons (Fsp3) is 0.111. The van der Waals surface area contributed by atoms with Crippen LogP contribution >= 0.6 is 11.3 Å². The topological polar surface area (TPSA) is 68.5 Å². The lowest BCUT2D eigenvalue weighted by Crippen LogP contribution is -2.09. The number of hydrogen-bond acceptors (Lipinski definition) is 5. The number of ether oxygens (including phenoxy) is 1. The lowest BCUT2D eigenvalue weighted by Gasteiger charge is -2.09. The first-order valence-electron chi connectivity index (χ1n) is 7.61. The number of thiophene rings is 1. The molecule has 0 fully saturated rings. The predicted octanol–water partition coefficient (Wildman–Crippen LogP) is 4.97. The average Bonchev–Trinajstić information content (AvgIpc) is 3.31. The van der Waals surface area contributed by atoms with Crippen LogP contribution in [0.4, 0.5) is 18.2 Å². The van der Waals surface area contributed by atoms with Gasteiger partial charge in [0.1, 0.15) is 11.5 Å². The summed E-state index contributed by atoms with van der Waals surface area (Å²) in [5.74, 6) is -1.04. The molecule has 1 amide bonds. The molecule has 0 aliphatic heterocycles. The minimum Gasteiger partial charge on any atom is -0.459 e. The second-order valence-electron chi connectivity index (χ2n) is 5.37. The van der Waals surface area contributed by atoms with E-state index in [-0.39, 0.29) is 22.8 Å². The number of halogens is 3. The van der Waals surface area contributed by atoms with Crippen molar-refractivity contribution in [2.24, 2.45) is 0 Å². The lowest BCUT2D eigenvalue weighted by molar-refractivity contribution is -0.137. The van der Waals surface area contributed by atoms with Crippen molar-refractivity contribution in [3.63, 3.8) is 0 Å². The van der Waals surface area contributed by atoms with Crippen LogP contribution in [0.15, 0.2) is 59.2 Å². The monoisotopic (exact) mass is 395 g/mol. The Morgan fingerprint density at radius 1 is 1.11 bits per heavy atom. The minimum atomic E-state index is -4.46. The van der Waals surface area contributed by atoms with Gasteiger partial charge in [0.15, 0.2) is 5.76 Å². The van der Waals surface area contributed by atoms with Gasteiger partial charge in [-0.15, -0.1) is 11.3 Å². The van der Waals surface area contributed by atoms with Crippen molar-refractivity contribution < 1.29 is 31.9 Å². The Bertz CT molecular complexity index is 948. The van der Waals surface area contributed by atoms with Crippen molar-refractivity contribution in [3.8, 4) is 0 Å². The molecule has 1 aromatic carbocycles. The highest BCUT2D eigenvalue weighted by Crippen LogP contribution is 2.30. The molecule has 0 bridgehead atoms. The Labute approximate surface area is 155 Å². The number of esters is 1. The third-order valence-electron chi connectivity index (χ3n) is 3.41. The Balaban J connectivity index is 1.59. The summed E-state index contributed by atoms with van der Waals surface area (Å²) in [6, 6.07) is 10.6. The Hall–Kier alpha value is -3.07. The number of rotatable bonds is 5. The fourth-order valence-corrected chi connectivity index (χ4v) is 2.95. The molecule has 0 saturated carbocycles. The number of hydrogen-bond donors (Lipinski definition) is 1. The molecule has 1 N–H and O–H groups in total. The van der Waals surface area contributed by atoms with Crippen LogP contribution in [0.25, 0.3) is 0 Å². The van der Waals surface area contributed by atoms with Crippen LogP contribution in [0.3, 0.4) is 0 Å². The number of alkyl halides is 3. The van der Waals surface area contributed by atoms with E-state index >= 15 is 0 Å². The molecule has 0 spiro atoms. The zero-order chi connectivity index (χ0) is 19.4. The standard InChI is InChI=1S/C18H12F3NO4S/c19-18(20,21)12-4-1-3-11(9-12)10-26-17(24)14-6-7-15(27-14)22-16(23)13-5-2-8-25-13/h1-9H,10H2,(H,22,23). The maximum Gasteiger partial charge on any atom is 0.416 e. The van der Waals surface area contributed by atoms with E-state index in [9.17, 15) is 22.8 Å². The van der Waals surface area contributed by atoms with Crippen LogP contribution < -0.4 is 5.32 Å². The lowest BCUT2D eigenvalue weighted by atomic mass is 10.1. The van der Waals surface area contributed by atoms with E-state index < -0.39 is 23.6 Å². The molecule has 0 saturated heterocycles. The average molecular weight is 395 g/mol. The van der Waals surface area contributed by atoms with Crippen molar-refractivity contribution >= 4 is 28.2 Å². The molecule has 0 atom stereocenters. The summed E-state index contributed by atoms with van der Waals surface area (Å²) < 4.78 is 48.1. The SMILES string of the molecule is O=C(Nc1ccc(C(=O)OCc2cccc(C(F)(F)F)c2)s1)c1ccco1.